The molecule has 0 aliphatic heterocycles. The lowest BCUT2D eigenvalue weighted by Gasteiger charge is -2.46. The monoisotopic (exact) mass is 454 g/mol. The van der Waals surface area contributed by atoms with E-state index in [4.69, 9.17) is 5.73 Å². The first-order chi connectivity index (χ1) is 15.6. The average Bonchev–Trinajstić information content (AvgIpc) is 3.25. The van der Waals surface area contributed by atoms with Gasteiger partial charge in [0, 0.05) is 6.54 Å². The van der Waals surface area contributed by atoms with Crippen molar-refractivity contribution < 1.29 is 5.11 Å². The Bertz CT molecular complexity index is 794. The number of allylic oxidation sites excluding steroid dienone is 5. The Morgan fingerprint density at radius 1 is 1.00 bits per heavy atom. The second-order valence-electron chi connectivity index (χ2n) is 13.2. The molecule has 4 aliphatic carbocycles. The van der Waals surface area contributed by atoms with Crippen LogP contribution in [0.5, 0.6) is 0 Å². The van der Waals surface area contributed by atoms with Crippen LogP contribution in [0.25, 0.3) is 0 Å². The topological polar surface area (TPSA) is 58.3 Å². The number of aliphatic hydroxyl groups is 1. The Morgan fingerprint density at radius 3 is 2.36 bits per heavy atom. The first kappa shape index (κ1) is 25.2. The second kappa shape index (κ2) is 9.99. The summed E-state index contributed by atoms with van der Waals surface area (Å²) in [5, 5.41) is 14.3. The molecule has 0 saturated heterocycles. The van der Waals surface area contributed by atoms with Crippen LogP contribution in [0.3, 0.4) is 0 Å². The zero-order valence-corrected chi connectivity index (χ0v) is 22.1. The van der Waals surface area contributed by atoms with Crippen molar-refractivity contribution in [3.63, 3.8) is 0 Å². The van der Waals surface area contributed by atoms with Crippen molar-refractivity contribution in [2.24, 2.45) is 40.2 Å². The maximum absolute atomic E-state index is 10.8. The van der Waals surface area contributed by atoms with E-state index in [0.717, 1.165) is 31.8 Å². The van der Waals surface area contributed by atoms with Gasteiger partial charge in [-0.1, -0.05) is 51.0 Å². The predicted molar refractivity (Wildman–Crippen MR) is 140 cm³/mol. The van der Waals surface area contributed by atoms with Crippen molar-refractivity contribution >= 4 is 0 Å². The first-order valence-electron chi connectivity index (χ1n) is 13.8. The quantitative estimate of drug-likeness (QED) is 0.304. The van der Waals surface area contributed by atoms with E-state index < -0.39 is 6.23 Å². The highest BCUT2D eigenvalue weighted by Crippen LogP contribution is 2.54. The molecule has 0 heterocycles. The Hall–Kier alpha value is -0.900. The minimum atomic E-state index is -0.461. The molecule has 4 aliphatic rings. The van der Waals surface area contributed by atoms with Crippen molar-refractivity contribution in [1.82, 2.24) is 5.32 Å². The van der Waals surface area contributed by atoms with Crippen molar-refractivity contribution in [2.75, 3.05) is 13.1 Å². The predicted octanol–water partition coefficient (Wildman–Crippen LogP) is 6.50. The molecular formula is C30H50N2O. The molecule has 1 fully saturated rings. The van der Waals surface area contributed by atoms with Crippen molar-refractivity contribution in [2.45, 2.75) is 105 Å². The van der Waals surface area contributed by atoms with E-state index >= 15 is 0 Å². The molecule has 4 rings (SSSR count). The van der Waals surface area contributed by atoms with Gasteiger partial charge in [-0.3, -0.25) is 5.32 Å². The Labute approximate surface area is 203 Å². The van der Waals surface area contributed by atoms with Gasteiger partial charge in [-0.15, -0.1) is 0 Å². The van der Waals surface area contributed by atoms with Crippen LogP contribution in [0, 0.1) is 34.5 Å². The van der Waals surface area contributed by atoms with Gasteiger partial charge < -0.3 is 10.8 Å². The summed E-state index contributed by atoms with van der Waals surface area (Å²) >= 11 is 0. The van der Waals surface area contributed by atoms with Crippen LogP contribution in [0.15, 0.2) is 34.4 Å². The van der Waals surface area contributed by atoms with Gasteiger partial charge in [0.15, 0.2) is 0 Å². The fourth-order valence-corrected chi connectivity index (χ4v) is 7.08. The smallest absolute Gasteiger partial charge is 0.127 e. The lowest BCUT2D eigenvalue weighted by atomic mass is 9.58. The summed E-state index contributed by atoms with van der Waals surface area (Å²) in [7, 11) is 0. The van der Waals surface area contributed by atoms with E-state index in [1.165, 1.54) is 56.9 Å². The molecule has 0 aromatic rings. The van der Waals surface area contributed by atoms with Gasteiger partial charge in [0.2, 0.25) is 0 Å². The fourth-order valence-electron chi connectivity index (χ4n) is 7.08. The normalized spacial score (nSPS) is 34.5. The number of nitrogens with two attached hydrogens (primary N) is 1. The lowest BCUT2D eigenvalue weighted by molar-refractivity contribution is 0.151. The van der Waals surface area contributed by atoms with Gasteiger partial charge in [-0.2, -0.15) is 0 Å². The van der Waals surface area contributed by atoms with E-state index in [0.29, 0.717) is 28.6 Å². The summed E-state index contributed by atoms with van der Waals surface area (Å²) in [6.45, 7) is 13.9. The molecule has 0 radical (unpaired) electrons. The second-order valence-corrected chi connectivity index (χ2v) is 13.2. The minimum Gasteiger partial charge on any atom is -0.375 e. The summed E-state index contributed by atoms with van der Waals surface area (Å²) in [4.78, 5) is 0. The zero-order valence-electron chi connectivity index (χ0n) is 22.1. The van der Waals surface area contributed by atoms with E-state index in [9.17, 15) is 5.11 Å². The molecule has 1 saturated carbocycles. The van der Waals surface area contributed by atoms with Crippen LogP contribution in [0.2, 0.25) is 0 Å². The third kappa shape index (κ3) is 5.68. The summed E-state index contributed by atoms with van der Waals surface area (Å²) in [6.07, 6.45) is 16.7. The molecule has 3 heteroatoms. The highest BCUT2D eigenvalue weighted by Gasteiger charge is 2.41. The molecule has 33 heavy (non-hydrogen) atoms. The lowest BCUT2D eigenvalue weighted by Crippen LogP contribution is -2.36. The number of hydrogen-bond acceptors (Lipinski definition) is 3. The van der Waals surface area contributed by atoms with Gasteiger partial charge in [-0.05, 0) is 123 Å². The van der Waals surface area contributed by atoms with E-state index in [-0.39, 0.29) is 0 Å². The molecule has 3 atom stereocenters. The van der Waals surface area contributed by atoms with E-state index in [2.05, 4.69) is 52.1 Å². The Morgan fingerprint density at radius 2 is 1.67 bits per heavy atom. The fraction of sp³-hybridized carbons (Fsp3) is 0.800. The highest BCUT2D eigenvalue weighted by molar-refractivity contribution is 5.43. The van der Waals surface area contributed by atoms with E-state index in [1.54, 1.807) is 16.7 Å². The zero-order chi connectivity index (χ0) is 23.8. The molecule has 0 aromatic carbocycles. The van der Waals surface area contributed by atoms with Crippen molar-refractivity contribution in [3.05, 3.63) is 34.4 Å². The number of nitrogens with one attached hydrogen (secondary N) is 1. The number of aliphatic hydroxyl groups excluding tert-OH is 1. The van der Waals surface area contributed by atoms with Gasteiger partial charge in [0.05, 0.1) is 0 Å². The Kier molecular flexibility index (Phi) is 7.63. The summed E-state index contributed by atoms with van der Waals surface area (Å²) in [5.41, 5.74) is 12.7. The third-order valence-corrected chi connectivity index (χ3v) is 9.82. The summed E-state index contributed by atoms with van der Waals surface area (Å²) in [5.74, 6) is 2.75. The largest absolute Gasteiger partial charge is 0.375 e. The Balaban J connectivity index is 1.28. The van der Waals surface area contributed by atoms with Gasteiger partial charge >= 0.3 is 0 Å². The van der Waals surface area contributed by atoms with Crippen LogP contribution in [0.1, 0.15) is 98.8 Å². The third-order valence-electron chi connectivity index (χ3n) is 9.82. The molecule has 0 aromatic heterocycles. The van der Waals surface area contributed by atoms with Crippen LogP contribution < -0.4 is 11.1 Å². The van der Waals surface area contributed by atoms with Crippen LogP contribution in [-0.4, -0.2) is 24.4 Å². The minimum absolute atomic E-state index is 0.318. The SMILES string of the molecule is CC1=CC2=C(CC1CC1CC=C(C(O)NCC3CCC(CN)CC3)C1)C(C)(C)CCC2(C)C. The van der Waals surface area contributed by atoms with Crippen molar-refractivity contribution in [1.29, 1.82) is 0 Å². The molecule has 0 bridgehead atoms. The molecule has 3 unspecified atom stereocenters. The molecule has 0 spiro atoms. The maximum Gasteiger partial charge on any atom is 0.127 e. The van der Waals surface area contributed by atoms with Crippen LogP contribution >= 0.6 is 0 Å². The molecular weight excluding hydrogens is 404 g/mol. The van der Waals surface area contributed by atoms with Crippen LogP contribution in [0.4, 0.5) is 0 Å². The van der Waals surface area contributed by atoms with Gasteiger partial charge in [0.1, 0.15) is 6.23 Å². The molecule has 0 amide bonds. The van der Waals surface area contributed by atoms with Gasteiger partial charge in [0.25, 0.3) is 0 Å². The summed E-state index contributed by atoms with van der Waals surface area (Å²) in [6, 6.07) is 0. The number of hydrogen-bond donors (Lipinski definition) is 3. The molecule has 186 valence electrons. The van der Waals surface area contributed by atoms with Crippen LogP contribution in [-0.2, 0) is 0 Å². The average molecular weight is 455 g/mol. The van der Waals surface area contributed by atoms with E-state index in [1.807, 2.05) is 0 Å². The summed E-state index contributed by atoms with van der Waals surface area (Å²) < 4.78 is 0. The highest BCUT2D eigenvalue weighted by atomic mass is 16.3. The molecule has 4 N–H and O–H groups in total. The maximum atomic E-state index is 10.8. The van der Waals surface area contributed by atoms with Gasteiger partial charge in [-0.25, -0.2) is 0 Å². The first-order valence-corrected chi connectivity index (χ1v) is 13.8. The molecule has 3 nitrogen and oxygen atoms in total. The standard InChI is InChI=1S/C30H50N2O/c1-20-14-26-27(30(4,5)13-12-29(26,2)3)17-25(20)16-23-10-11-24(15-23)28(33)32-19-22-8-6-21(18-31)7-9-22/h11,14,21-23,25,28,32-33H,6-10,12-13,15-19,31H2,1-5H3. The van der Waals surface area contributed by atoms with Crippen molar-refractivity contribution in [3.8, 4) is 0 Å². The number of rotatable bonds is 7.